The summed E-state index contributed by atoms with van der Waals surface area (Å²) in [7, 11) is 0. The fraction of sp³-hybridized carbons (Fsp3) is 0.385. The lowest BCUT2D eigenvalue weighted by atomic mass is 10.2. The van der Waals surface area contributed by atoms with Gasteiger partial charge in [0.1, 0.15) is 5.76 Å². The largest absolute Gasteiger partial charge is 0.468 e. The zero-order valence-electron chi connectivity index (χ0n) is 9.81. The molecule has 2 aromatic heterocycles. The van der Waals surface area contributed by atoms with E-state index < -0.39 is 0 Å². The van der Waals surface area contributed by atoms with E-state index in [0.29, 0.717) is 0 Å². The van der Waals surface area contributed by atoms with Crippen LogP contribution in [0.4, 0.5) is 0 Å². The van der Waals surface area contributed by atoms with Crippen LogP contribution in [0.3, 0.4) is 0 Å². The maximum atomic E-state index is 5.34. The molecule has 0 saturated carbocycles. The molecule has 0 bridgehead atoms. The molecule has 0 aromatic carbocycles. The molecule has 0 saturated heterocycles. The zero-order valence-corrected chi connectivity index (χ0v) is 9.81. The van der Waals surface area contributed by atoms with Gasteiger partial charge < -0.3 is 14.3 Å². The molecular weight excluding hydrogens is 200 g/mol. The van der Waals surface area contributed by atoms with Gasteiger partial charge in [0.05, 0.1) is 12.3 Å². The van der Waals surface area contributed by atoms with E-state index in [1.807, 2.05) is 12.1 Å². The number of nitrogens with one attached hydrogen (secondary N) is 1. The molecule has 2 rings (SSSR count). The highest BCUT2D eigenvalue weighted by atomic mass is 16.3. The third-order valence-electron chi connectivity index (χ3n) is 2.76. The average molecular weight is 218 g/mol. The number of rotatable bonds is 5. The van der Waals surface area contributed by atoms with Gasteiger partial charge in [0.2, 0.25) is 0 Å². The Morgan fingerprint density at radius 1 is 1.44 bits per heavy atom. The van der Waals surface area contributed by atoms with Gasteiger partial charge in [-0.2, -0.15) is 0 Å². The number of furan rings is 1. The summed E-state index contributed by atoms with van der Waals surface area (Å²) in [5, 5.41) is 3.43. The molecule has 1 atom stereocenters. The molecular formula is C13H18N2O. The Kier molecular flexibility index (Phi) is 3.47. The van der Waals surface area contributed by atoms with Crippen LogP contribution >= 0.6 is 0 Å². The number of aryl methyl sites for hydroxylation is 1. The summed E-state index contributed by atoms with van der Waals surface area (Å²) < 4.78 is 7.52. The third kappa shape index (κ3) is 2.55. The molecule has 0 fully saturated rings. The van der Waals surface area contributed by atoms with E-state index in [-0.39, 0.29) is 6.04 Å². The van der Waals surface area contributed by atoms with Crippen LogP contribution in [0.2, 0.25) is 0 Å². The fourth-order valence-corrected chi connectivity index (χ4v) is 1.70. The van der Waals surface area contributed by atoms with Crippen molar-refractivity contribution in [1.29, 1.82) is 0 Å². The standard InChI is InChI=1S/C13H18N2O/c1-3-15-7-6-12(10-15)9-14-11(2)13-5-4-8-16-13/h4-8,10-11,14H,3,9H2,1-2H3/t11-/m0/s1. The fourth-order valence-electron chi connectivity index (χ4n) is 1.70. The zero-order chi connectivity index (χ0) is 11.4. The molecule has 2 aromatic rings. The van der Waals surface area contributed by atoms with Crippen LogP contribution in [0.1, 0.15) is 31.2 Å². The Labute approximate surface area is 96.1 Å². The highest BCUT2D eigenvalue weighted by molar-refractivity contribution is 5.11. The van der Waals surface area contributed by atoms with Crippen molar-refractivity contribution in [3.05, 3.63) is 48.2 Å². The lowest BCUT2D eigenvalue weighted by Crippen LogP contribution is -2.17. The summed E-state index contributed by atoms with van der Waals surface area (Å²) in [5.41, 5.74) is 1.31. The molecule has 16 heavy (non-hydrogen) atoms. The Balaban J connectivity index is 1.87. The minimum absolute atomic E-state index is 0.250. The number of hydrogen-bond acceptors (Lipinski definition) is 2. The first-order valence-electron chi connectivity index (χ1n) is 5.71. The number of aromatic nitrogens is 1. The molecule has 3 heteroatoms. The van der Waals surface area contributed by atoms with E-state index in [0.717, 1.165) is 18.8 Å². The van der Waals surface area contributed by atoms with Crippen LogP contribution in [-0.4, -0.2) is 4.57 Å². The smallest absolute Gasteiger partial charge is 0.120 e. The number of nitrogens with zero attached hydrogens (tertiary/aromatic N) is 1. The first-order chi connectivity index (χ1) is 7.79. The van der Waals surface area contributed by atoms with Gasteiger partial charge in [0, 0.05) is 25.5 Å². The average Bonchev–Trinajstić information content (AvgIpc) is 2.96. The molecule has 0 aliphatic rings. The van der Waals surface area contributed by atoms with Crippen molar-refractivity contribution in [1.82, 2.24) is 9.88 Å². The SMILES string of the molecule is CCn1ccc(CN[C@@H](C)c2ccco2)c1. The van der Waals surface area contributed by atoms with Gasteiger partial charge >= 0.3 is 0 Å². The normalized spacial score (nSPS) is 12.9. The van der Waals surface area contributed by atoms with Crippen LogP contribution in [0, 0.1) is 0 Å². The highest BCUT2D eigenvalue weighted by Gasteiger charge is 2.07. The summed E-state index contributed by atoms with van der Waals surface area (Å²) in [6.45, 7) is 6.14. The van der Waals surface area contributed by atoms with Crippen molar-refractivity contribution in [3.63, 3.8) is 0 Å². The molecule has 0 radical (unpaired) electrons. The van der Waals surface area contributed by atoms with Gasteiger partial charge in [-0.05, 0) is 37.6 Å². The van der Waals surface area contributed by atoms with Crippen LogP contribution in [0.15, 0.2) is 41.3 Å². The Hall–Kier alpha value is -1.48. The molecule has 0 aliphatic heterocycles. The number of hydrogen-bond donors (Lipinski definition) is 1. The van der Waals surface area contributed by atoms with Gasteiger partial charge in [0.25, 0.3) is 0 Å². The molecule has 2 heterocycles. The maximum Gasteiger partial charge on any atom is 0.120 e. The maximum absolute atomic E-state index is 5.34. The summed E-state index contributed by atoms with van der Waals surface area (Å²) in [4.78, 5) is 0. The van der Waals surface area contributed by atoms with Gasteiger partial charge in [0.15, 0.2) is 0 Å². The minimum Gasteiger partial charge on any atom is -0.468 e. The van der Waals surface area contributed by atoms with E-state index >= 15 is 0 Å². The minimum atomic E-state index is 0.250. The second kappa shape index (κ2) is 5.03. The van der Waals surface area contributed by atoms with Crippen molar-refractivity contribution in [2.45, 2.75) is 33.0 Å². The topological polar surface area (TPSA) is 30.1 Å². The van der Waals surface area contributed by atoms with Crippen LogP contribution in [0.5, 0.6) is 0 Å². The molecule has 0 aliphatic carbocycles. The van der Waals surface area contributed by atoms with Crippen molar-refractivity contribution >= 4 is 0 Å². The third-order valence-corrected chi connectivity index (χ3v) is 2.76. The molecule has 0 spiro atoms. The van der Waals surface area contributed by atoms with Gasteiger partial charge in [-0.25, -0.2) is 0 Å². The predicted molar refractivity (Wildman–Crippen MR) is 64.1 cm³/mol. The van der Waals surface area contributed by atoms with E-state index in [1.165, 1.54) is 5.56 Å². The Morgan fingerprint density at radius 3 is 2.94 bits per heavy atom. The Morgan fingerprint density at radius 2 is 2.31 bits per heavy atom. The van der Waals surface area contributed by atoms with Gasteiger partial charge in [-0.3, -0.25) is 0 Å². The monoisotopic (exact) mass is 218 g/mol. The van der Waals surface area contributed by atoms with Crippen molar-refractivity contribution < 1.29 is 4.42 Å². The van der Waals surface area contributed by atoms with E-state index in [9.17, 15) is 0 Å². The lowest BCUT2D eigenvalue weighted by molar-refractivity contribution is 0.430. The van der Waals surface area contributed by atoms with Gasteiger partial charge in [-0.1, -0.05) is 0 Å². The summed E-state index contributed by atoms with van der Waals surface area (Å²) >= 11 is 0. The summed E-state index contributed by atoms with van der Waals surface area (Å²) in [6, 6.07) is 6.31. The first kappa shape index (κ1) is 11.0. The van der Waals surface area contributed by atoms with E-state index in [4.69, 9.17) is 4.42 Å². The Bertz CT molecular complexity index is 417. The lowest BCUT2D eigenvalue weighted by Gasteiger charge is -2.09. The molecule has 0 unspecified atom stereocenters. The van der Waals surface area contributed by atoms with Crippen LogP contribution in [-0.2, 0) is 13.1 Å². The predicted octanol–water partition coefficient (Wildman–Crippen LogP) is 2.95. The molecule has 1 N–H and O–H groups in total. The van der Waals surface area contributed by atoms with Gasteiger partial charge in [-0.15, -0.1) is 0 Å². The van der Waals surface area contributed by atoms with Crippen molar-refractivity contribution in [2.75, 3.05) is 0 Å². The highest BCUT2D eigenvalue weighted by Crippen LogP contribution is 2.13. The van der Waals surface area contributed by atoms with Crippen LogP contribution < -0.4 is 5.32 Å². The van der Waals surface area contributed by atoms with Crippen molar-refractivity contribution in [3.8, 4) is 0 Å². The quantitative estimate of drug-likeness (QED) is 0.836. The van der Waals surface area contributed by atoms with E-state index in [1.54, 1.807) is 6.26 Å². The molecule has 86 valence electrons. The first-order valence-corrected chi connectivity index (χ1v) is 5.71. The molecule has 0 amide bonds. The second-order valence-electron chi connectivity index (χ2n) is 3.97. The second-order valence-corrected chi connectivity index (χ2v) is 3.97. The summed E-state index contributed by atoms with van der Waals surface area (Å²) in [5.74, 6) is 0.981. The summed E-state index contributed by atoms with van der Waals surface area (Å²) in [6.07, 6.45) is 5.98. The van der Waals surface area contributed by atoms with E-state index in [2.05, 4.69) is 42.2 Å². The van der Waals surface area contributed by atoms with Crippen molar-refractivity contribution in [2.24, 2.45) is 0 Å². The van der Waals surface area contributed by atoms with Crippen LogP contribution in [0.25, 0.3) is 0 Å². The molecule has 3 nitrogen and oxygen atoms in total.